The van der Waals surface area contributed by atoms with E-state index < -0.39 is 20.0 Å². The highest BCUT2D eigenvalue weighted by molar-refractivity contribution is 7.92. The van der Waals surface area contributed by atoms with Gasteiger partial charge < -0.3 is 9.80 Å². The molecule has 0 radical (unpaired) electrons. The van der Waals surface area contributed by atoms with Gasteiger partial charge in [0.1, 0.15) is 0 Å². The minimum absolute atomic E-state index is 0.141. The Kier molecular flexibility index (Phi) is 9.78. The number of benzene rings is 4. The van der Waals surface area contributed by atoms with Crippen molar-refractivity contribution >= 4 is 43.2 Å². The summed E-state index contributed by atoms with van der Waals surface area (Å²) in [7, 11) is -7.03. The van der Waals surface area contributed by atoms with Crippen molar-refractivity contribution < 1.29 is 26.4 Å². The molecule has 4 aromatic rings. The van der Waals surface area contributed by atoms with E-state index in [1.165, 1.54) is 21.1 Å². The van der Waals surface area contributed by atoms with Crippen LogP contribution in [0.5, 0.6) is 0 Å². The fraction of sp³-hybridized carbons (Fsp3) is 0.235. The number of rotatable bonds is 10. The number of hydrogen-bond acceptors (Lipinski definition) is 6. The third-order valence-electron chi connectivity index (χ3n) is 7.80. The predicted molar refractivity (Wildman–Crippen MR) is 180 cm³/mol. The van der Waals surface area contributed by atoms with E-state index in [0.29, 0.717) is 48.7 Å². The molecule has 12 heteroatoms. The second kappa shape index (κ2) is 13.8. The van der Waals surface area contributed by atoms with Gasteiger partial charge >= 0.3 is 0 Å². The van der Waals surface area contributed by atoms with Gasteiger partial charge in [0.2, 0.25) is 20.0 Å². The summed E-state index contributed by atoms with van der Waals surface area (Å²) in [5.74, 6) is -0.306. The van der Waals surface area contributed by atoms with Crippen molar-refractivity contribution in [1.82, 2.24) is 9.80 Å². The Morgan fingerprint density at radius 1 is 0.522 bits per heavy atom. The quantitative estimate of drug-likeness (QED) is 0.252. The number of para-hydroxylation sites is 2. The molecule has 0 spiro atoms. The number of hydrogen-bond donors (Lipinski definition) is 0. The van der Waals surface area contributed by atoms with Crippen molar-refractivity contribution in [1.29, 1.82) is 0 Å². The molecule has 0 aromatic heterocycles. The monoisotopic (exact) mass is 660 g/mol. The number of anilines is 2. The predicted octanol–water partition coefficient (Wildman–Crippen LogP) is 4.22. The lowest BCUT2D eigenvalue weighted by atomic mass is 10.1. The van der Waals surface area contributed by atoms with Crippen LogP contribution in [0.3, 0.4) is 0 Å². The van der Waals surface area contributed by atoms with Gasteiger partial charge in [-0.1, -0.05) is 60.7 Å². The van der Waals surface area contributed by atoms with Gasteiger partial charge in [-0.15, -0.1) is 0 Å². The minimum atomic E-state index is -3.51. The van der Waals surface area contributed by atoms with Crippen LogP contribution in [0.2, 0.25) is 0 Å². The molecule has 1 saturated heterocycles. The number of piperazine rings is 1. The molecule has 10 nitrogen and oxygen atoms in total. The zero-order valence-corrected chi connectivity index (χ0v) is 27.3. The highest BCUT2D eigenvalue weighted by Gasteiger charge is 2.26. The van der Waals surface area contributed by atoms with Gasteiger partial charge in [-0.05, 0) is 59.7 Å². The lowest BCUT2D eigenvalue weighted by Gasteiger charge is -2.35. The van der Waals surface area contributed by atoms with E-state index in [4.69, 9.17) is 0 Å². The van der Waals surface area contributed by atoms with E-state index in [2.05, 4.69) is 0 Å². The van der Waals surface area contributed by atoms with Gasteiger partial charge in [0, 0.05) is 37.3 Å². The summed E-state index contributed by atoms with van der Waals surface area (Å²) in [5.41, 5.74) is 3.60. The minimum Gasteiger partial charge on any atom is -0.335 e. The summed E-state index contributed by atoms with van der Waals surface area (Å²) < 4.78 is 52.4. The number of amides is 2. The molecule has 0 aliphatic carbocycles. The van der Waals surface area contributed by atoms with E-state index in [-0.39, 0.29) is 24.9 Å². The number of nitrogens with zero attached hydrogens (tertiary/aromatic N) is 4. The summed E-state index contributed by atoms with van der Waals surface area (Å²) in [6, 6.07) is 31.5. The number of carbonyl (C=O) groups excluding carboxylic acids is 2. The molecule has 0 bridgehead atoms. The second-order valence-corrected chi connectivity index (χ2v) is 15.0. The van der Waals surface area contributed by atoms with Crippen molar-refractivity contribution in [3.05, 3.63) is 131 Å². The molecule has 1 aliphatic rings. The van der Waals surface area contributed by atoms with E-state index in [9.17, 15) is 26.4 Å². The first-order chi connectivity index (χ1) is 21.9. The normalized spacial score (nSPS) is 13.7. The summed E-state index contributed by atoms with van der Waals surface area (Å²) in [6.07, 6.45) is 2.33. The first-order valence-electron chi connectivity index (χ1n) is 14.7. The Morgan fingerprint density at radius 2 is 0.826 bits per heavy atom. The molecule has 4 aromatic carbocycles. The highest BCUT2D eigenvalue weighted by atomic mass is 32.2. The maximum absolute atomic E-state index is 13.2. The molecule has 0 saturated carbocycles. The summed E-state index contributed by atoms with van der Waals surface area (Å²) in [6.45, 7) is 1.78. The van der Waals surface area contributed by atoms with Crippen LogP contribution in [-0.4, -0.2) is 77.1 Å². The molecular formula is C34H36N4O6S2. The molecule has 46 heavy (non-hydrogen) atoms. The maximum Gasteiger partial charge on any atom is 0.253 e. The van der Waals surface area contributed by atoms with Crippen molar-refractivity contribution in [3.63, 3.8) is 0 Å². The van der Waals surface area contributed by atoms with Crippen molar-refractivity contribution in [2.24, 2.45) is 0 Å². The largest absolute Gasteiger partial charge is 0.335 e. The standard InChI is InChI=1S/C34H36N4O6S2/c1-45(41,42)37(31-9-5-3-6-10-31)25-27-13-17-29(18-14-27)33(39)35-21-23-36(24-22-35)34(40)30-19-15-28(16-20-30)26-38(46(2,43)44)32-11-7-4-8-12-32/h3-20H,21-26H2,1-2H3. The zero-order valence-electron chi connectivity index (χ0n) is 25.7. The van der Waals surface area contributed by atoms with E-state index in [1.54, 1.807) is 107 Å². The van der Waals surface area contributed by atoms with Gasteiger partial charge in [0.15, 0.2) is 0 Å². The Hall–Kier alpha value is -4.68. The van der Waals surface area contributed by atoms with Crippen LogP contribution in [0.15, 0.2) is 109 Å². The fourth-order valence-corrected chi connectivity index (χ4v) is 7.08. The van der Waals surface area contributed by atoms with E-state index in [1.807, 2.05) is 12.1 Å². The van der Waals surface area contributed by atoms with Crippen LogP contribution in [0, 0.1) is 0 Å². The van der Waals surface area contributed by atoms with E-state index in [0.717, 1.165) is 11.1 Å². The second-order valence-electron chi connectivity index (χ2n) is 11.2. The van der Waals surface area contributed by atoms with Crippen LogP contribution in [0.25, 0.3) is 0 Å². The molecule has 1 heterocycles. The molecule has 1 fully saturated rings. The molecule has 5 rings (SSSR count). The molecule has 2 amide bonds. The summed E-state index contributed by atoms with van der Waals surface area (Å²) in [5, 5.41) is 0. The Bertz CT molecular complexity index is 1740. The van der Waals surface area contributed by atoms with E-state index >= 15 is 0 Å². The fourth-order valence-electron chi connectivity index (χ4n) is 5.30. The molecule has 240 valence electrons. The Balaban J connectivity index is 1.17. The first kappa shape index (κ1) is 32.7. The molecule has 0 unspecified atom stereocenters. The summed E-state index contributed by atoms with van der Waals surface area (Å²) >= 11 is 0. The van der Waals surface area contributed by atoms with Gasteiger partial charge in [-0.2, -0.15) is 0 Å². The molecular weight excluding hydrogens is 625 g/mol. The van der Waals surface area contributed by atoms with Crippen LogP contribution >= 0.6 is 0 Å². The van der Waals surface area contributed by atoms with Crippen LogP contribution in [-0.2, 0) is 33.1 Å². The summed E-state index contributed by atoms with van der Waals surface area (Å²) in [4.78, 5) is 29.9. The molecule has 0 N–H and O–H groups in total. The average Bonchev–Trinajstić information content (AvgIpc) is 3.06. The smallest absolute Gasteiger partial charge is 0.253 e. The lowest BCUT2D eigenvalue weighted by Crippen LogP contribution is -2.50. The third kappa shape index (κ3) is 7.93. The molecule has 0 atom stereocenters. The molecule has 1 aliphatic heterocycles. The van der Waals surface area contributed by atoms with Crippen LogP contribution in [0.1, 0.15) is 31.8 Å². The van der Waals surface area contributed by atoms with Crippen LogP contribution < -0.4 is 8.61 Å². The SMILES string of the molecule is CS(=O)(=O)N(Cc1ccc(C(=O)N2CCN(C(=O)c3ccc(CN(c4ccccc4)S(C)(=O)=O)cc3)CC2)cc1)c1ccccc1. The number of sulfonamides is 2. The Morgan fingerprint density at radius 3 is 1.11 bits per heavy atom. The highest BCUT2D eigenvalue weighted by Crippen LogP contribution is 2.22. The number of carbonyl (C=O) groups is 2. The Labute approximate surface area is 270 Å². The van der Waals surface area contributed by atoms with Gasteiger partial charge in [0.25, 0.3) is 11.8 Å². The van der Waals surface area contributed by atoms with Crippen molar-refractivity contribution in [2.45, 2.75) is 13.1 Å². The van der Waals surface area contributed by atoms with Crippen molar-refractivity contribution in [3.8, 4) is 0 Å². The topological polar surface area (TPSA) is 115 Å². The van der Waals surface area contributed by atoms with Gasteiger partial charge in [-0.3, -0.25) is 18.2 Å². The van der Waals surface area contributed by atoms with Crippen LogP contribution in [0.4, 0.5) is 11.4 Å². The average molecular weight is 661 g/mol. The maximum atomic E-state index is 13.2. The first-order valence-corrected chi connectivity index (χ1v) is 18.4. The lowest BCUT2D eigenvalue weighted by molar-refractivity contribution is 0.0535. The third-order valence-corrected chi connectivity index (χ3v) is 10.1. The van der Waals surface area contributed by atoms with Crippen molar-refractivity contribution in [2.75, 3.05) is 47.3 Å². The zero-order chi connectivity index (χ0) is 32.9. The van der Waals surface area contributed by atoms with Gasteiger partial charge in [-0.25, -0.2) is 16.8 Å². The van der Waals surface area contributed by atoms with Gasteiger partial charge in [0.05, 0.1) is 37.0 Å².